The van der Waals surface area contributed by atoms with Gasteiger partial charge in [-0.3, -0.25) is 0 Å². The molecule has 0 aliphatic carbocycles. The summed E-state index contributed by atoms with van der Waals surface area (Å²) in [7, 11) is 2.22. The predicted molar refractivity (Wildman–Crippen MR) is 118 cm³/mol. The van der Waals surface area contributed by atoms with Crippen LogP contribution in [0.2, 0.25) is 0 Å². The van der Waals surface area contributed by atoms with Gasteiger partial charge in [-0.05, 0) is 40.5 Å². The first-order valence-corrected chi connectivity index (χ1v) is 9.69. The highest BCUT2D eigenvalue weighted by molar-refractivity contribution is 7.26. The second kappa shape index (κ2) is 6.15. The zero-order valence-electron chi connectivity index (χ0n) is 14.6. The predicted octanol–water partition coefficient (Wildman–Crippen LogP) is 5.65. The molecule has 5 rings (SSSR count). The van der Waals surface area contributed by atoms with E-state index in [0.717, 1.165) is 0 Å². The lowest BCUT2D eigenvalue weighted by Gasteiger charge is -2.06. The van der Waals surface area contributed by atoms with E-state index in [9.17, 15) is 0 Å². The third-order valence-electron chi connectivity index (χ3n) is 4.97. The molecule has 0 aliphatic heterocycles. The molecule has 4 aromatic carbocycles. The standard InChI is InChI=1S/C24H17BS/c25-22-15-19(17-9-5-2-6-10-17)14-21-20-13-18(16-7-3-1-4-8-16)11-12-23(20)26-24(21)22/h1-15H,25H2. The molecule has 0 amide bonds. The van der Waals surface area contributed by atoms with Gasteiger partial charge in [-0.15, -0.1) is 11.3 Å². The van der Waals surface area contributed by atoms with E-state index in [1.165, 1.54) is 47.9 Å². The number of rotatable bonds is 2. The maximum atomic E-state index is 2.35. The Morgan fingerprint density at radius 1 is 0.538 bits per heavy atom. The summed E-state index contributed by atoms with van der Waals surface area (Å²) in [6.07, 6.45) is 0. The fourth-order valence-electron chi connectivity index (χ4n) is 3.66. The fraction of sp³-hybridized carbons (Fsp3) is 0. The van der Waals surface area contributed by atoms with Crippen LogP contribution in [0.15, 0.2) is 91.0 Å². The molecule has 5 aromatic rings. The van der Waals surface area contributed by atoms with Crippen LogP contribution in [0.1, 0.15) is 0 Å². The molecule has 0 N–H and O–H groups in total. The van der Waals surface area contributed by atoms with Crippen LogP contribution >= 0.6 is 11.3 Å². The summed E-state index contributed by atoms with van der Waals surface area (Å²) in [4.78, 5) is 0. The van der Waals surface area contributed by atoms with E-state index >= 15 is 0 Å². The number of hydrogen-bond acceptors (Lipinski definition) is 1. The van der Waals surface area contributed by atoms with Crippen LogP contribution < -0.4 is 5.46 Å². The minimum atomic E-state index is 1.27. The van der Waals surface area contributed by atoms with Gasteiger partial charge in [0.15, 0.2) is 0 Å². The van der Waals surface area contributed by atoms with Crippen LogP contribution in [-0.2, 0) is 0 Å². The molecule has 0 atom stereocenters. The summed E-state index contributed by atoms with van der Waals surface area (Å²) in [6, 6.07) is 32.8. The highest BCUT2D eigenvalue weighted by Crippen LogP contribution is 2.37. The summed E-state index contributed by atoms with van der Waals surface area (Å²) >= 11 is 1.90. The topological polar surface area (TPSA) is 0 Å². The van der Waals surface area contributed by atoms with E-state index in [0.29, 0.717) is 0 Å². The van der Waals surface area contributed by atoms with Gasteiger partial charge in [0.05, 0.1) is 0 Å². The number of hydrogen-bond donors (Lipinski definition) is 0. The SMILES string of the molecule is Bc1cc(-c2ccccc2)cc2c1sc1ccc(-c3ccccc3)cc12. The Morgan fingerprint density at radius 2 is 1.15 bits per heavy atom. The molecule has 0 radical (unpaired) electrons. The zero-order chi connectivity index (χ0) is 17.5. The van der Waals surface area contributed by atoms with Gasteiger partial charge in [-0.1, -0.05) is 78.3 Å². The largest absolute Gasteiger partial charge is 0.141 e. The Hall–Kier alpha value is -2.84. The molecule has 1 aromatic heterocycles. The summed E-state index contributed by atoms with van der Waals surface area (Å²) in [5, 5.41) is 2.72. The molecule has 0 saturated heterocycles. The summed E-state index contributed by atoms with van der Waals surface area (Å²) < 4.78 is 2.75. The van der Waals surface area contributed by atoms with Crippen LogP contribution in [0, 0.1) is 0 Å². The molecule has 0 fully saturated rings. The van der Waals surface area contributed by atoms with Gasteiger partial charge in [0.1, 0.15) is 7.85 Å². The van der Waals surface area contributed by atoms with Crippen molar-refractivity contribution in [2.24, 2.45) is 0 Å². The number of benzene rings is 4. The maximum absolute atomic E-state index is 2.35. The van der Waals surface area contributed by atoms with Crippen molar-refractivity contribution >= 4 is 44.8 Å². The Morgan fingerprint density at radius 3 is 1.85 bits per heavy atom. The Labute approximate surface area is 158 Å². The van der Waals surface area contributed by atoms with E-state index in [4.69, 9.17) is 0 Å². The minimum Gasteiger partial charge on any atom is -0.136 e. The summed E-state index contributed by atoms with van der Waals surface area (Å²) in [5.41, 5.74) is 6.46. The second-order valence-electron chi connectivity index (χ2n) is 6.71. The third-order valence-corrected chi connectivity index (χ3v) is 6.29. The Kier molecular flexibility index (Phi) is 3.65. The average Bonchev–Trinajstić information content (AvgIpc) is 3.08. The van der Waals surface area contributed by atoms with Crippen LogP contribution in [0.4, 0.5) is 0 Å². The Bertz CT molecular complexity index is 1220. The van der Waals surface area contributed by atoms with Gasteiger partial charge in [0.25, 0.3) is 0 Å². The van der Waals surface area contributed by atoms with Crippen LogP contribution in [0.25, 0.3) is 42.4 Å². The molecule has 122 valence electrons. The average molecular weight is 348 g/mol. The summed E-state index contributed by atoms with van der Waals surface area (Å²) in [5.74, 6) is 0. The van der Waals surface area contributed by atoms with Crippen molar-refractivity contribution in [2.75, 3.05) is 0 Å². The number of thiophene rings is 1. The van der Waals surface area contributed by atoms with Crippen LogP contribution in [-0.4, -0.2) is 7.85 Å². The van der Waals surface area contributed by atoms with Crippen molar-refractivity contribution in [3.05, 3.63) is 91.0 Å². The van der Waals surface area contributed by atoms with Crippen molar-refractivity contribution in [1.29, 1.82) is 0 Å². The van der Waals surface area contributed by atoms with Crippen molar-refractivity contribution in [3.8, 4) is 22.3 Å². The van der Waals surface area contributed by atoms with E-state index in [2.05, 4.69) is 98.8 Å². The molecule has 26 heavy (non-hydrogen) atoms. The molecular weight excluding hydrogens is 331 g/mol. The monoisotopic (exact) mass is 348 g/mol. The fourth-order valence-corrected chi connectivity index (χ4v) is 4.79. The van der Waals surface area contributed by atoms with Gasteiger partial charge in [0.2, 0.25) is 0 Å². The van der Waals surface area contributed by atoms with Crippen molar-refractivity contribution < 1.29 is 0 Å². The van der Waals surface area contributed by atoms with Crippen LogP contribution in [0.5, 0.6) is 0 Å². The molecule has 0 unspecified atom stereocenters. The minimum absolute atomic E-state index is 1.27. The van der Waals surface area contributed by atoms with E-state index < -0.39 is 0 Å². The Balaban J connectivity index is 1.78. The third kappa shape index (κ3) is 2.54. The van der Waals surface area contributed by atoms with Gasteiger partial charge < -0.3 is 0 Å². The molecule has 0 saturated carbocycles. The van der Waals surface area contributed by atoms with Gasteiger partial charge >= 0.3 is 0 Å². The highest BCUT2D eigenvalue weighted by atomic mass is 32.1. The molecule has 0 bridgehead atoms. The van der Waals surface area contributed by atoms with E-state index in [1.54, 1.807) is 0 Å². The number of fused-ring (bicyclic) bond motifs is 3. The van der Waals surface area contributed by atoms with E-state index in [-0.39, 0.29) is 0 Å². The molecule has 2 heteroatoms. The first kappa shape index (κ1) is 15.4. The highest BCUT2D eigenvalue weighted by Gasteiger charge is 2.11. The molecule has 0 spiro atoms. The first-order valence-electron chi connectivity index (χ1n) is 8.87. The smallest absolute Gasteiger partial charge is 0.136 e. The lowest BCUT2D eigenvalue weighted by molar-refractivity contribution is 1.65. The quantitative estimate of drug-likeness (QED) is 0.362. The van der Waals surface area contributed by atoms with Gasteiger partial charge in [-0.25, -0.2) is 0 Å². The molecular formula is C24H17BS. The van der Waals surface area contributed by atoms with Crippen molar-refractivity contribution in [3.63, 3.8) is 0 Å². The van der Waals surface area contributed by atoms with Crippen molar-refractivity contribution in [2.45, 2.75) is 0 Å². The van der Waals surface area contributed by atoms with Gasteiger partial charge in [0, 0.05) is 20.2 Å². The lowest BCUT2D eigenvalue weighted by Crippen LogP contribution is -2.02. The molecule has 0 aliphatic rings. The maximum Gasteiger partial charge on any atom is 0.141 e. The summed E-state index contributed by atoms with van der Waals surface area (Å²) in [6.45, 7) is 0. The lowest BCUT2D eigenvalue weighted by atomic mass is 9.90. The van der Waals surface area contributed by atoms with Crippen molar-refractivity contribution in [1.82, 2.24) is 0 Å². The zero-order valence-corrected chi connectivity index (χ0v) is 15.4. The van der Waals surface area contributed by atoms with E-state index in [1.807, 2.05) is 11.3 Å². The van der Waals surface area contributed by atoms with Gasteiger partial charge in [-0.2, -0.15) is 0 Å². The molecule has 1 heterocycles. The first-order chi connectivity index (χ1) is 12.8. The molecule has 0 nitrogen and oxygen atoms in total. The normalized spacial score (nSPS) is 11.2. The van der Waals surface area contributed by atoms with Crippen LogP contribution in [0.3, 0.4) is 0 Å². The second-order valence-corrected chi connectivity index (χ2v) is 7.77.